The Morgan fingerprint density at radius 3 is 2.47 bits per heavy atom. The standard InChI is InChI=1S/C12H6F4INO/c13-11-10(17)5-8(6-18-11)7-2-1-3-9(4-7)19-12(14,15)16/h1-6H. The number of pyridine rings is 1. The zero-order valence-electron chi connectivity index (χ0n) is 9.21. The molecule has 7 heteroatoms. The Morgan fingerprint density at radius 2 is 1.84 bits per heavy atom. The van der Waals surface area contributed by atoms with Crippen LogP contribution in [-0.4, -0.2) is 11.3 Å². The monoisotopic (exact) mass is 383 g/mol. The number of aromatic nitrogens is 1. The van der Waals surface area contributed by atoms with Crippen LogP contribution in [0, 0.1) is 9.52 Å². The molecule has 0 atom stereocenters. The second-order valence-electron chi connectivity index (χ2n) is 3.57. The van der Waals surface area contributed by atoms with Crippen molar-refractivity contribution in [2.24, 2.45) is 0 Å². The highest BCUT2D eigenvalue weighted by Gasteiger charge is 2.31. The zero-order chi connectivity index (χ0) is 14.0. The van der Waals surface area contributed by atoms with Crippen molar-refractivity contribution in [2.45, 2.75) is 6.36 Å². The number of alkyl halides is 3. The van der Waals surface area contributed by atoms with E-state index < -0.39 is 12.3 Å². The van der Waals surface area contributed by atoms with Crippen molar-refractivity contribution in [1.82, 2.24) is 4.98 Å². The van der Waals surface area contributed by atoms with Gasteiger partial charge >= 0.3 is 6.36 Å². The van der Waals surface area contributed by atoms with Gasteiger partial charge in [0.2, 0.25) is 5.95 Å². The third-order valence-corrected chi connectivity index (χ3v) is 2.95. The molecular weight excluding hydrogens is 377 g/mol. The van der Waals surface area contributed by atoms with E-state index in [1.165, 1.54) is 30.5 Å². The first-order valence-corrected chi connectivity index (χ1v) is 6.10. The first-order chi connectivity index (χ1) is 8.85. The maximum Gasteiger partial charge on any atom is 0.573 e. The van der Waals surface area contributed by atoms with Crippen LogP contribution in [0.2, 0.25) is 0 Å². The van der Waals surface area contributed by atoms with Crippen molar-refractivity contribution in [3.05, 3.63) is 46.0 Å². The molecule has 0 amide bonds. The number of hydrogen-bond donors (Lipinski definition) is 0. The quantitative estimate of drug-likeness (QED) is 0.436. The minimum atomic E-state index is -4.74. The van der Waals surface area contributed by atoms with Gasteiger partial charge in [-0.05, 0) is 46.4 Å². The van der Waals surface area contributed by atoms with Crippen LogP contribution < -0.4 is 4.74 Å². The molecule has 0 radical (unpaired) electrons. The smallest absolute Gasteiger partial charge is 0.406 e. The largest absolute Gasteiger partial charge is 0.573 e. The van der Waals surface area contributed by atoms with E-state index in [9.17, 15) is 17.6 Å². The lowest BCUT2D eigenvalue weighted by Crippen LogP contribution is -2.17. The summed E-state index contributed by atoms with van der Waals surface area (Å²) in [4.78, 5) is 3.52. The molecule has 2 aromatic rings. The van der Waals surface area contributed by atoms with E-state index in [0.717, 1.165) is 0 Å². The summed E-state index contributed by atoms with van der Waals surface area (Å²) >= 11 is 1.76. The van der Waals surface area contributed by atoms with Crippen LogP contribution >= 0.6 is 22.6 Å². The molecule has 19 heavy (non-hydrogen) atoms. The van der Waals surface area contributed by atoms with E-state index in [0.29, 0.717) is 11.1 Å². The fourth-order valence-corrected chi connectivity index (χ4v) is 1.93. The molecule has 0 unspecified atom stereocenters. The zero-order valence-corrected chi connectivity index (χ0v) is 11.4. The second kappa shape index (κ2) is 5.32. The van der Waals surface area contributed by atoms with Gasteiger partial charge in [-0.25, -0.2) is 4.98 Å². The van der Waals surface area contributed by atoms with Crippen LogP contribution in [-0.2, 0) is 0 Å². The van der Waals surface area contributed by atoms with E-state index in [1.807, 2.05) is 0 Å². The van der Waals surface area contributed by atoms with Crippen molar-refractivity contribution in [3.8, 4) is 16.9 Å². The summed E-state index contributed by atoms with van der Waals surface area (Å²) in [7, 11) is 0. The molecule has 0 N–H and O–H groups in total. The van der Waals surface area contributed by atoms with Gasteiger partial charge in [-0.2, -0.15) is 4.39 Å². The Morgan fingerprint density at radius 1 is 1.11 bits per heavy atom. The van der Waals surface area contributed by atoms with Gasteiger partial charge in [0.1, 0.15) is 5.75 Å². The minimum absolute atomic E-state index is 0.289. The van der Waals surface area contributed by atoms with Crippen LogP contribution in [0.25, 0.3) is 11.1 Å². The number of nitrogens with zero attached hydrogens (tertiary/aromatic N) is 1. The lowest BCUT2D eigenvalue weighted by Gasteiger charge is -2.10. The minimum Gasteiger partial charge on any atom is -0.406 e. The third kappa shape index (κ3) is 3.79. The molecule has 2 nitrogen and oxygen atoms in total. The molecule has 0 aliphatic carbocycles. The van der Waals surface area contributed by atoms with E-state index in [4.69, 9.17) is 0 Å². The van der Waals surface area contributed by atoms with E-state index >= 15 is 0 Å². The molecule has 0 spiro atoms. The maximum atomic E-state index is 13.0. The van der Waals surface area contributed by atoms with Crippen LogP contribution in [0.4, 0.5) is 17.6 Å². The highest BCUT2D eigenvalue weighted by molar-refractivity contribution is 14.1. The van der Waals surface area contributed by atoms with Gasteiger partial charge in [0, 0.05) is 11.8 Å². The van der Waals surface area contributed by atoms with E-state index in [2.05, 4.69) is 9.72 Å². The van der Waals surface area contributed by atoms with Gasteiger partial charge in [0.15, 0.2) is 0 Å². The molecule has 100 valence electrons. The Labute approximate surface area is 119 Å². The van der Waals surface area contributed by atoms with Gasteiger partial charge in [0.25, 0.3) is 0 Å². The topological polar surface area (TPSA) is 22.1 Å². The number of ether oxygens (including phenoxy) is 1. The van der Waals surface area contributed by atoms with Crippen LogP contribution in [0.5, 0.6) is 5.75 Å². The Balaban J connectivity index is 2.35. The molecule has 0 bridgehead atoms. The van der Waals surface area contributed by atoms with E-state index in [1.54, 1.807) is 28.7 Å². The second-order valence-corrected chi connectivity index (χ2v) is 4.73. The van der Waals surface area contributed by atoms with E-state index in [-0.39, 0.29) is 9.32 Å². The summed E-state index contributed by atoms with van der Waals surface area (Å²) in [5, 5.41) is 0. The molecule has 1 aromatic heterocycles. The summed E-state index contributed by atoms with van der Waals surface area (Å²) in [5.74, 6) is -0.948. The number of rotatable bonds is 2. The fourth-order valence-electron chi connectivity index (χ4n) is 1.45. The highest BCUT2D eigenvalue weighted by atomic mass is 127. The van der Waals surface area contributed by atoms with Crippen LogP contribution in [0.1, 0.15) is 0 Å². The molecule has 0 fully saturated rings. The lowest BCUT2D eigenvalue weighted by atomic mass is 10.1. The van der Waals surface area contributed by atoms with Crippen molar-refractivity contribution in [2.75, 3.05) is 0 Å². The average Bonchev–Trinajstić information content (AvgIpc) is 2.31. The van der Waals surface area contributed by atoms with Crippen molar-refractivity contribution >= 4 is 22.6 Å². The van der Waals surface area contributed by atoms with Crippen molar-refractivity contribution in [3.63, 3.8) is 0 Å². The van der Waals surface area contributed by atoms with Crippen molar-refractivity contribution < 1.29 is 22.3 Å². The molecule has 0 saturated heterocycles. The number of benzene rings is 1. The molecular formula is C12H6F4INO. The van der Waals surface area contributed by atoms with Gasteiger partial charge < -0.3 is 4.74 Å². The summed E-state index contributed by atoms with van der Waals surface area (Å²) < 4.78 is 53.5. The summed E-state index contributed by atoms with van der Waals surface area (Å²) in [6, 6.07) is 6.92. The predicted molar refractivity (Wildman–Crippen MR) is 69.0 cm³/mol. The fraction of sp³-hybridized carbons (Fsp3) is 0.0833. The maximum absolute atomic E-state index is 13.0. The Bertz CT molecular complexity index is 601. The molecule has 1 aromatic carbocycles. The number of hydrogen-bond acceptors (Lipinski definition) is 2. The Hall–Kier alpha value is -1.38. The lowest BCUT2D eigenvalue weighted by molar-refractivity contribution is -0.274. The normalized spacial score (nSPS) is 11.4. The summed E-state index contributed by atoms with van der Waals surface area (Å²) in [6.07, 6.45) is -3.49. The summed E-state index contributed by atoms with van der Waals surface area (Å²) in [6.45, 7) is 0. The SMILES string of the molecule is Fc1ncc(-c2cccc(OC(F)(F)F)c2)cc1I. The van der Waals surface area contributed by atoms with Crippen LogP contribution in [0.3, 0.4) is 0 Å². The first kappa shape index (κ1) is 14.0. The van der Waals surface area contributed by atoms with Gasteiger partial charge in [0.05, 0.1) is 3.57 Å². The van der Waals surface area contributed by atoms with Crippen LogP contribution in [0.15, 0.2) is 36.5 Å². The van der Waals surface area contributed by atoms with Crippen molar-refractivity contribution in [1.29, 1.82) is 0 Å². The van der Waals surface area contributed by atoms with Gasteiger partial charge in [-0.1, -0.05) is 12.1 Å². The molecule has 0 saturated carbocycles. The average molecular weight is 383 g/mol. The third-order valence-electron chi connectivity index (χ3n) is 2.20. The molecule has 0 aliphatic heterocycles. The van der Waals surface area contributed by atoms with Gasteiger partial charge in [-0.3, -0.25) is 0 Å². The predicted octanol–water partition coefficient (Wildman–Crippen LogP) is 4.39. The van der Waals surface area contributed by atoms with Gasteiger partial charge in [-0.15, -0.1) is 13.2 Å². The first-order valence-electron chi connectivity index (χ1n) is 5.02. The Kier molecular flexibility index (Phi) is 3.93. The molecule has 2 rings (SSSR count). The summed E-state index contributed by atoms with van der Waals surface area (Å²) in [5.41, 5.74) is 0.977. The molecule has 0 aliphatic rings. The number of halogens is 5. The highest BCUT2D eigenvalue weighted by Crippen LogP contribution is 2.28. The molecule has 1 heterocycles.